The molecule has 6 heteroatoms. The molecule has 0 bridgehead atoms. The third kappa shape index (κ3) is 7.19. The zero-order valence-electron chi connectivity index (χ0n) is 18.4. The molecule has 0 saturated carbocycles. The van der Waals surface area contributed by atoms with Crippen LogP contribution in [-0.2, 0) is 10.2 Å². The standard InChI is InChI=1S/C23H39N3O3/c1-4-6-19(11-14-27)17-25-22(24-5-2)26-18-23(12-15-29-16-13-23)20-7-9-21(28-3)10-8-20/h7-10,19,27H,4-6,11-18H2,1-3H3,(H2,24,25,26). The van der Waals surface area contributed by atoms with Gasteiger partial charge < -0.3 is 25.2 Å². The van der Waals surface area contributed by atoms with Crippen LogP contribution in [0.3, 0.4) is 0 Å². The molecule has 0 radical (unpaired) electrons. The minimum absolute atomic E-state index is 0.0131. The minimum Gasteiger partial charge on any atom is -0.497 e. The SMILES string of the molecule is CCCC(CCO)CNC(=NCC1(c2ccc(OC)cc2)CCOCC1)NCC. The largest absolute Gasteiger partial charge is 0.497 e. The van der Waals surface area contributed by atoms with Crippen molar-refractivity contribution in [1.82, 2.24) is 10.6 Å². The van der Waals surface area contributed by atoms with Gasteiger partial charge in [0, 0.05) is 38.3 Å². The maximum Gasteiger partial charge on any atom is 0.191 e. The van der Waals surface area contributed by atoms with Crippen molar-refractivity contribution in [2.45, 2.75) is 51.4 Å². The van der Waals surface area contributed by atoms with Crippen LogP contribution in [0.15, 0.2) is 29.3 Å². The molecule has 1 aliphatic heterocycles. The summed E-state index contributed by atoms with van der Waals surface area (Å²) in [5.74, 6) is 2.19. The Morgan fingerprint density at radius 2 is 1.90 bits per heavy atom. The molecular formula is C23H39N3O3. The molecule has 0 aromatic heterocycles. The summed E-state index contributed by atoms with van der Waals surface area (Å²) >= 11 is 0. The summed E-state index contributed by atoms with van der Waals surface area (Å²) in [5, 5.41) is 16.2. The van der Waals surface area contributed by atoms with Crippen LogP contribution in [-0.4, -0.2) is 57.6 Å². The van der Waals surface area contributed by atoms with E-state index in [2.05, 4.69) is 36.6 Å². The topological polar surface area (TPSA) is 75.1 Å². The number of ether oxygens (including phenoxy) is 2. The maximum atomic E-state index is 9.31. The first-order chi connectivity index (χ1) is 14.2. The van der Waals surface area contributed by atoms with Crippen LogP contribution in [0.25, 0.3) is 0 Å². The molecule has 1 fully saturated rings. The highest BCUT2D eigenvalue weighted by Crippen LogP contribution is 2.36. The number of hydrogen-bond donors (Lipinski definition) is 3. The van der Waals surface area contributed by atoms with Crippen LogP contribution in [0.5, 0.6) is 5.75 Å². The molecule has 1 heterocycles. The number of nitrogens with zero attached hydrogens (tertiary/aromatic N) is 1. The quantitative estimate of drug-likeness (QED) is 0.390. The Labute approximate surface area is 176 Å². The second-order valence-electron chi connectivity index (χ2n) is 7.86. The number of aliphatic hydroxyl groups is 1. The molecule has 164 valence electrons. The number of nitrogens with one attached hydrogen (secondary N) is 2. The number of rotatable bonds is 11. The highest BCUT2D eigenvalue weighted by atomic mass is 16.5. The number of guanidine groups is 1. The first-order valence-electron chi connectivity index (χ1n) is 11.0. The van der Waals surface area contributed by atoms with Crippen molar-refractivity contribution in [2.24, 2.45) is 10.9 Å². The molecule has 1 aromatic carbocycles. The summed E-state index contributed by atoms with van der Waals surface area (Å²) in [6.07, 6.45) is 4.99. The van der Waals surface area contributed by atoms with E-state index < -0.39 is 0 Å². The number of hydrogen-bond acceptors (Lipinski definition) is 4. The van der Waals surface area contributed by atoms with Gasteiger partial charge in [0.1, 0.15) is 5.75 Å². The second-order valence-corrected chi connectivity index (χ2v) is 7.86. The number of methoxy groups -OCH3 is 1. The van der Waals surface area contributed by atoms with Crippen molar-refractivity contribution in [2.75, 3.05) is 46.6 Å². The lowest BCUT2D eigenvalue weighted by molar-refractivity contribution is 0.0531. The van der Waals surface area contributed by atoms with Crippen LogP contribution in [0.4, 0.5) is 0 Å². The van der Waals surface area contributed by atoms with Gasteiger partial charge in [0.2, 0.25) is 0 Å². The van der Waals surface area contributed by atoms with E-state index in [-0.39, 0.29) is 12.0 Å². The van der Waals surface area contributed by atoms with E-state index in [9.17, 15) is 5.11 Å². The van der Waals surface area contributed by atoms with Crippen molar-refractivity contribution in [3.8, 4) is 5.75 Å². The van der Waals surface area contributed by atoms with E-state index in [0.717, 1.165) is 76.7 Å². The smallest absolute Gasteiger partial charge is 0.191 e. The molecular weight excluding hydrogens is 366 g/mol. The number of benzene rings is 1. The highest BCUT2D eigenvalue weighted by Gasteiger charge is 2.34. The van der Waals surface area contributed by atoms with Gasteiger partial charge in [-0.1, -0.05) is 25.5 Å². The van der Waals surface area contributed by atoms with Gasteiger partial charge >= 0.3 is 0 Å². The second kappa shape index (κ2) is 12.7. The van der Waals surface area contributed by atoms with Crippen molar-refractivity contribution in [1.29, 1.82) is 0 Å². The fourth-order valence-corrected chi connectivity index (χ4v) is 4.00. The Hall–Kier alpha value is -1.79. The van der Waals surface area contributed by atoms with Crippen molar-refractivity contribution in [3.63, 3.8) is 0 Å². The lowest BCUT2D eigenvalue weighted by Crippen LogP contribution is -2.42. The van der Waals surface area contributed by atoms with Gasteiger partial charge in [-0.15, -0.1) is 0 Å². The van der Waals surface area contributed by atoms with E-state index >= 15 is 0 Å². The molecule has 1 aromatic rings. The molecule has 0 aliphatic carbocycles. The van der Waals surface area contributed by atoms with Gasteiger partial charge in [0.15, 0.2) is 5.96 Å². The Morgan fingerprint density at radius 1 is 1.17 bits per heavy atom. The first-order valence-corrected chi connectivity index (χ1v) is 11.0. The first kappa shape index (κ1) is 23.5. The Bertz CT molecular complexity index is 592. The molecule has 0 amide bonds. The van der Waals surface area contributed by atoms with Crippen LogP contribution in [0.1, 0.15) is 51.5 Å². The van der Waals surface area contributed by atoms with Crippen LogP contribution >= 0.6 is 0 Å². The van der Waals surface area contributed by atoms with Gasteiger partial charge in [0.25, 0.3) is 0 Å². The molecule has 1 unspecified atom stereocenters. The third-order valence-corrected chi connectivity index (χ3v) is 5.83. The number of aliphatic imine (C=N–C) groups is 1. The van der Waals surface area contributed by atoms with Gasteiger partial charge in [-0.05, 0) is 56.2 Å². The highest BCUT2D eigenvalue weighted by molar-refractivity contribution is 5.79. The van der Waals surface area contributed by atoms with Gasteiger partial charge in [0.05, 0.1) is 13.7 Å². The van der Waals surface area contributed by atoms with Crippen LogP contribution in [0.2, 0.25) is 0 Å². The van der Waals surface area contributed by atoms with Gasteiger partial charge in [-0.2, -0.15) is 0 Å². The van der Waals surface area contributed by atoms with Gasteiger partial charge in [-0.25, -0.2) is 0 Å². The minimum atomic E-state index is -0.0131. The summed E-state index contributed by atoms with van der Waals surface area (Å²) in [7, 11) is 1.69. The predicted molar refractivity (Wildman–Crippen MR) is 119 cm³/mol. The monoisotopic (exact) mass is 405 g/mol. The Morgan fingerprint density at radius 3 is 2.48 bits per heavy atom. The summed E-state index contributed by atoms with van der Waals surface area (Å²) in [5.41, 5.74) is 1.28. The van der Waals surface area contributed by atoms with E-state index in [0.29, 0.717) is 5.92 Å². The summed E-state index contributed by atoms with van der Waals surface area (Å²) in [6, 6.07) is 8.39. The van der Waals surface area contributed by atoms with Crippen LogP contribution in [0, 0.1) is 5.92 Å². The van der Waals surface area contributed by atoms with E-state index in [4.69, 9.17) is 14.5 Å². The average Bonchev–Trinajstić information content (AvgIpc) is 2.76. The normalized spacial score (nSPS) is 17.6. The summed E-state index contributed by atoms with van der Waals surface area (Å²) in [6.45, 7) is 8.41. The summed E-state index contributed by atoms with van der Waals surface area (Å²) < 4.78 is 11.0. The lowest BCUT2D eigenvalue weighted by Gasteiger charge is -2.36. The molecule has 2 rings (SSSR count). The molecule has 1 aliphatic rings. The molecule has 3 N–H and O–H groups in total. The van der Waals surface area contributed by atoms with Gasteiger partial charge in [-0.3, -0.25) is 4.99 Å². The van der Waals surface area contributed by atoms with E-state index in [1.165, 1.54) is 5.56 Å². The third-order valence-electron chi connectivity index (χ3n) is 5.83. The average molecular weight is 406 g/mol. The number of aliphatic hydroxyl groups excluding tert-OH is 1. The molecule has 29 heavy (non-hydrogen) atoms. The maximum absolute atomic E-state index is 9.31. The summed E-state index contributed by atoms with van der Waals surface area (Å²) in [4.78, 5) is 4.97. The van der Waals surface area contributed by atoms with Crippen molar-refractivity contribution < 1.29 is 14.6 Å². The molecule has 6 nitrogen and oxygen atoms in total. The van der Waals surface area contributed by atoms with Crippen molar-refractivity contribution in [3.05, 3.63) is 29.8 Å². The van der Waals surface area contributed by atoms with Crippen LogP contribution < -0.4 is 15.4 Å². The zero-order valence-corrected chi connectivity index (χ0v) is 18.4. The predicted octanol–water partition coefficient (Wildman–Crippen LogP) is 3.10. The lowest BCUT2D eigenvalue weighted by atomic mass is 9.74. The van der Waals surface area contributed by atoms with Crippen molar-refractivity contribution >= 4 is 5.96 Å². The fourth-order valence-electron chi connectivity index (χ4n) is 4.00. The van der Waals surface area contributed by atoms with E-state index in [1.54, 1.807) is 7.11 Å². The Kier molecular flexibility index (Phi) is 10.3. The zero-order chi connectivity index (χ0) is 21.0. The molecule has 0 spiro atoms. The van der Waals surface area contributed by atoms with E-state index in [1.807, 2.05) is 12.1 Å². The fraction of sp³-hybridized carbons (Fsp3) is 0.696. The Balaban J connectivity index is 2.12. The molecule has 1 atom stereocenters. The molecule has 1 saturated heterocycles.